The van der Waals surface area contributed by atoms with E-state index in [-0.39, 0.29) is 0 Å². The number of ether oxygens (including phenoxy) is 1. The highest BCUT2D eigenvalue weighted by Crippen LogP contribution is 2.24. The van der Waals surface area contributed by atoms with Crippen LogP contribution in [0.1, 0.15) is 38.2 Å². The Balaban J connectivity index is 1.56. The Morgan fingerprint density at radius 2 is 1.85 bits per heavy atom. The Hall–Kier alpha value is -2.66. The summed E-state index contributed by atoms with van der Waals surface area (Å²) in [5.41, 5.74) is 6.03. The second kappa shape index (κ2) is 10.5. The van der Waals surface area contributed by atoms with Gasteiger partial charge in [0.1, 0.15) is 5.75 Å². The lowest BCUT2D eigenvalue weighted by Gasteiger charge is -2.08. The molecule has 0 aliphatic rings. The van der Waals surface area contributed by atoms with Crippen molar-refractivity contribution in [3.8, 4) is 17.0 Å². The number of thiazole rings is 1. The number of hydrazone groups is 1. The lowest BCUT2D eigenvalue weighted by atomic mass is 10.2. The summed E-state index contributed by atoms with van der Waals surface area (Å²) >= 11 is 1.54. The Morgan fingerprint density at radius 3 is 2.70 bits per heavy atom. The van der Waals surface area contributed by atoms with Crippen LogP contribution < -0.4 is 10.2 Å². The molecule has 0 saturated heterocycles. The monoisotopic (exact) mass is 379 g/mol. The van der Waals surface area contributed by atoms with Crippen LogP contribution in [0.3, 0.4) is 0 Å². The van der Waals surface area contributed by atoms with Crippen LogP contribution in [-0.4, -0.2) is 17.8 Å². The molecule has 1 heterocycles. The molecule has 0 aliphatic heterocycles. The molecule has 4 nitrogen and oxygen atoms in total. The first-order valence-electron chi connectivity index (χ1n) is 9.38. The fourth-order valence-electron chi connectivity index (χ4n) is 2.65. The van der Waals surface area contributed by atoms with Gasteiger partial charge in [-0.3, -0.25) is 5.43 Å². The molecule has 3 rings (SSSR count). The van der Waals surface area contributed by atoms with Gasteiger partial charge < -0.3 is 4.74 Å². The highest BCUT2D eigenvalue weighted by molar-refractivity contribution is 7.14. The largest absolute Gasteiger partial charge is 0.493 e. The highest BCUT2D eigenvalue weighted by atomic mass is 32.1. The minimum atomic E-state index is 0.741. The molecule has 140 valence electrons. The van der Waals surface area contributed by atoms with Crippen molar-refractivity contribution in [2.45, 2.75) is 32.6 Å². The van der Waals surface area contributed by atoms with Gasteiger partial charge in [-0.2, -0.15) is 5.10 Å². The van der Waals surface area contributed by atoms with Crippen LogP contribution in [0.15, 0.2) is 65.1 Å². The number of hydrogen-bond acceptors (Lipinski definition) is 5. The molecule has 5 heteroatoms. The molecule has 0 spiro atoms. The predicted molar refractivity (Wildman–Crippen MR) is 115 cm³/mol. The molecule has 0 unspecified atom stereocenters. The smallest absolute Gasteiger partial charge is 0.203 e. The lowest BCUT2D eigenvalue weighted by molar-refractivity contribution is 0.304. The van der Waals surface area contributed by atoms with E-state index in [9.17, 15) is 0 Å². The van der Waals surface area contributed by atoms with E-state index in [0.717, 1.165) is 40.7 Å². The third kappa shape index (κ3) is 5.93. The number of nitrogens with zero attached hydrogens (tertiary/aromatic N) is 2. The minimum Gasteiger partial charge on any atom is -0.493 e. The summed E-state index contributed by atoms with van der Waals surface area (Å²) in [6.45, 7) is 2.95. The first kappa shape index (κ1) is 19.1. The van der Waals surface area contributed by atoms with Gasteiger partial charge in [-0.25, -0.2) is 4.98 Å². The van der Waals surface area contributed by atoms with E-state index in [4.69, 9.17) is 4.74 Å². The van der Waals surface area contributed by atoms with Crippen molar-refractivity contribution >= 4 is 22.7 Å². The van der Waals surface area contributed by atoms with E-state index < -0.39 is 0 Å². The number of aromatic nitrogens is 1. The fraction of sp³-hybridized carbons (Fsp3) is 0.273. The van der Waals surface area contributed by atoms with E-state index in [1.807, 2.05) is 47.8 Å². The number of hydrogen-bond donors (Lipinski definition) is 1. The van der Waals surface area contributed by atoms with Gasteiger partial charge in [-0.05, 0) is 18.6 Å². The van der Waals surface area contributed by atoms with Crippen molar-refractivity contribution in [2.24, 2.45) is 5.10 Å². The van der Waals surface area contributed by atoms with Crippen molar-refractivity contribution in [2.75, 3.05) is 12.0 Å². The quantitative estimate of drug-likeness (QED) is 0.258. The molecule has 0 amide bonds. The molecule has 0 bridgehead atoms. The number of nitrogens with one attached hydrogen (secondary N) is 1. The van der Waals surface area contributed by atoms with E-state index in [0.29, 0.717) is 0 Å². The fourth-order valence-corrected chi connectivity index (χ4v) is 3.32. The number of para-hydroxylation sites is 1. The van der Waals surface area contributed by atoms with Gasteiger partial charge in [0, 0.05) is 16.5 Å². The molecule has 0 fully saturated rings. The van der Waals surface area contributed by atoms with Gasteiger partial charge in [0.15, 0.2) is 0 Å². The Labute approximate surface area is 164 Å². The molecule has 2 aromatic carbocycles. The van der Waals surface area contributed by atoms with Gasteiger partial charge in [0.2, 0.25) is 5.13 Å². The third-order valence-corrected chi connectivity index (χ3v) is 4.86. The van der Waals surface area contributed by atoms with Gasteiger partial charge >= 0.3 is 0 Å². The molecule has 3 aromatic rings. The maximum Gasteiger partial charge on any atom is 0.203 e. The van der Waals surface area contributed by atoms with Crippen LogP contribution in [0.2, 0.25) is 0 Å². The van der Waals surface area contributed by atoms with Crippen LogP contribution in [-0.2, 0) is 0 Å². The summed E-state index contributed by atoms with van der Waals surface area (Å²) in [4.78, 5) is 4.57. The van der Waals surface area contributed by atoms with Gasteiger partial charge in [0.25, 0.3) is 0 Å². The van der Waals surface area contributed by atoms with Crippen molar-refractivity contribution in [3.63, 3.8) is 0 Å². The maximum absolute atomic E-state index is 5.92. The summed E-state index contributed by atoms with van der Waals surface area (Å²) in [5, 5.41) is 7.13. The average Bonchev–Trinajstić information content (AvgIpc) is 3.18. The molecule has 0 atom stereocenters. The van der Waals surface area contributed by atoms with E-state index >= 15 is 0 Å². The molecule has 0 saturated carbocycles. The second-order valence-corrected chi connectivity index (χ2v) is 7.08. The van der Waals surface area contributed by atoms with Crippen molar-refractivity contribution in [3.05, 3.63) is 65.5 Å². The summed E-state index contributed by atoms with van der Waals surface area (Å²) < 4.78 is 5.92. The van der Waals surface area contributed by atoms with Crippen LogP contribution in [0, 0.1) is 0 Å². The van der Waals surface area contributed by atoms with Crippen LogP contribution in [0.25, 0.3) is 11.3 Å². The highest BCUT2D eigenvalue weighted by Gasteiger charge is 2.04. The molecule has 0 aliphatic carbocycles. The van der Waals surface area contributed by atoms with Crippen LogP contribution in [0.4, 0.5) is 5.13 Å². The summed E-state index contributed by atoms with van der Waals surface area (Å²) in [5.74, 6) is 0.865. The molecule has 27 heavy (non-hydrogen) atoms. The molecule has 1 aromatic heterocycles. The van der Waals surface area contributed by atoms with Crippen molar-refractivity contribution < 1.29 is 4.74 Å². The van der Waals surface area contributed by atoms with Gasteiger partial charge in [-0.15, -0.1) is 11.3 Å². The number of unbranched alkanes of at least 4 members (excludes halogenated alkanes) is 3. The van der Waals surface area contributed by atoms with E-state index in [2.05, 4.69) is 34.6 Å². The summed E-state index contributed by atoms with van der Waals surface area (Å²) in [7, 11) is 0. The number of benzene rings is 2. The minimum absolute atomic E-state index is 0.741. The SMILES string of the molecule is CCCCCCOc1ccccc1C=NNc1nc(-c2ccccc2)cs1. The number of anilines is 1. The Morgan fingerprint density at radius 1 is 1.04 bits per heavy atom. The van der Waals surface area contributed by atoms with Gasteiger partial charge in [0.05, 0.1) is 18.5 Å². The van der Waals surface area contributed by atoms with Crippen molar-refractivity contribution in [1.29, 1.82) is 0 Å². The molecular weight excluding hydrogens is 354 g/mol. The first-order valence-corrected chi connectivity index (χ1v) is 10.3. The number of rotatable bonds is 10. The van der Waals surface area contributed by atoms with Crippen LogP contribution in [0.5, 0.6) is 5.75 Å². The van der Waals surface area contributed by atoms with Crippen LogP contribution >= 0.6 is 11.3 Å². The summed E-state index contributed by atoms with van der Waals surface area (Å²) in [6.07, 6.45) is 6.57. The zero-order valence-corrected chi connectivity index (χ0v) is 16.4. The maximum atomic E-state index is 5.92. The van der Waals surface area contributed by atoms with E-state index in [1.54, 1.807) is 6.21 Å². The second-order valence-electron chi connectivity index (χ2n) is 6.22. The van der Waals surface area contributed by atoms with Crippen molar-refractivity contribution in [1.82, 2.24) is 4.98 Å². The molecular formula is C22H25N3OS. The standard InChI is InChI=1S/C22H25N3OS/c1-2-3-4-10-15-26-21-14-9-8-13-19(21)16-23-25-22-24-20(17-27-22)18-11-6-5-7-12-18/h5-9,11-14,16-17H,2-4,10,15H2,1H3,(H,24,25). The zero-order valence-electron chi connectivity index (χ0n) is 15.6. The normalized spacial score (nSPS) is 11.0. The summed E-state index contributed by atoms with van der Waals surface area (Å²) in [6, 6.07) is 18.1. The predicted octanol–water partition coefficient (Wildman–Crippen LogP) is 6.22. The van der Waals surface area contributed by atoms with Gasteiger partial charge in [-0.1, -0.05) is 68.7 Å². The third-order valence-electron chi connectivity index (χ3n) is 4.11. The Bertz CT molecular complexity index is 846. The lowest BCUT2D eigenvalue weighted by Crippen LogP contribution is -2.00. The topological polar surface area (TPSA) is 46.5 Å². The average molecular weight is 380 g/mol. The van der Waals surface area contributed by atoms with E-state index in [1.165, 1.54) is 30.6 Å². The first-order chi connectivity index (χ1) is 13.4. The zero-order chi connectivity index (χ0) is 18.7. The molecule has 1 N–H and O–H groups in total. The molecule has 0 radical (unpaired) electrons. The Kier molecular flexibility index (Phi) is 7.42.